The predicted molar refractivity (Wildman–Crippen MR) is 112 cm³/mol. The lowest BCUT2D eigenvalue weighted by molar-refractivity contribution is -0.121. The highest BCUT2D eigenvalue weighted by Gasteiger charge is 2.26. The third-order valence-electron chi connectivity index (χ3n) is 5.11. The molecule has 5 heteroatoms. The summed E-state index contributed by atoms with van der Waals surface area (Å²) in [7, 11) is 0. The zero-order chi connectivity index (χ0) is 20.1. The van der Waals surface area contributed by atoms with E-state index in [0.717, 1.165) is 22.5 Å². The molecule has 0 aliphatic carbocycles. The standard InChI is InChI=1S/C24H22N4O/c25-15-19-9-10-23-20(12-19)14-22(17-28(23)16-21-8-4-5-11-26-21)27-24(29)13-18-6-2-1-3-7-18/h1-12,22H,13-14,16-17H2,(H,27,29)/t22-/m0/s1. The Kier molecular flexibility index (Phi) is 5.53. The van der Waals surface area contributed by atoms with Gasteiger partial charge in [-0.05, 0) is 47.9 Å². The van der Waals surface area contributed by atoms with Crippen molar-refractivity contribution in [1.82, 2.24) is 10.3 Å². The van der Waals surface area contributed by atoms with Gasteiger partial charge in [0.1, 0.15) is 0 Å². The van der Waals surface area contributed by atoms with Crippen molar-refractivity contribution in [3.8, 4) is 6.07 Å². The first-order valence-corrected chi connectivity index (χ1v) is 9.72. The highest BCUT2D eigenvalue weighted by Crippen LogP contribution is 2.29. The number of nitrogens with one attached hydrogen (secondary N) is 1. The largest absolute Gasteiger partial charge is 0.363 e. The van der Waals surface area contributed by atoms with Crippen LogP contribution in [0.25, 0.3) is 0 Å². The Labute approximate surface area is 170 Å². The topological polar surface area (TPSA) is 69.0 Å². The number of pyridine rings is 1. The van der Waals surface area contributed by atoms with Crippen LogP contribution in [0.15, 0.2) is 72.9 Å². The molecule has 1 aromatic heterocycles. The minimum atomic E-state index is -0.0173. The Hall–Kier alpha value is -3.65. The molecule has 0 spiro atoms. The second kappa shape index (κ2) is 8.57. The van der Waals surface area contributed by atoms with Crippen LogP contribution in [0.4, 0.5) is 5.69 Å². The van der Waals surface area contributed by atoms with Gasteiger partial charge in [-0.15, -0.1) is 0 Å². The fraction of sp³-hybridized carbons (Fsp3) is 0.208. The van der Waals surface area contributed by atoms with Gasteiger partial charge in [-0.3, -0.25) is 9.78 Å². The number of amides is 1. The first-order valence-electron chi connectivity index (χ1n) is 9.72. The number of anilines is 1. The molecule has 29 heavy (non-hydrogen) atoms. The van der Waals surface area contributed by atoms with Crippen molar-refractivity contribution < 1.29 is 4.79 Å². The van der Waals surface area contributed by atoms with Gasteiger partial charge in [0.2, 0.25) is 5.91 Å². The van der Waals surface area contributed by atoms with E-state index in [9.17, 15) is 10.1 Å². The number of rotatable bonds is 5. The normalized spacial score (nSPS) is 15.3. The second-order valence-corrected chi connectivity index (χ2v) is 7.29. The molecular formula is C24H22N4O. The minimum Gasteiger partial charge on any atom is -0.363 e. The number of carbonyl (C=O) groups excluding carboxylic acids is 1. The SMILES string of the molecule is N#Cc1ccc2c(c1)C[C@H](NC(=O)Cc1ccccc1)CN2Cc1ccccn1. The van der Waals surface area contributed by atoms with Crippen molar-refractivity contribution in [3.05, 3.63) is 95.3 Å². The lowest BCUT2D eigenvalue weighted by atomic mass is 9.95. The molecule has 0 fully saturated rings. The molecule has 1 amide bonds. The highest BCUT2D eigenvalue weighted by molar-refractivity contribution is 5.79. The van der Waals surface area contributed by atoms with Crippen LogP contribution in [0.3, 0.4) is 0 Å². The molecule has 1 atom stereocenters. The van der Waals surface area contributed by atoms with Gasteiger partial charge >= 0.3 is 0 Å². The van der Waals surface area contributed by atoms with Crippen LogP contribution in [0.1, 0.15) is 22.4 Å². The van der Waals surface area contributed by atoms with Crippen LogP contribution in [0, 0.1) is 11.3 Å². The molecule has 1 aliphatic rings. The third-order valence-corrected chi connectivity index (χ3v) is 5.11. The molecule has 0 unspecified atom stereocenters. The maximum absolute atomic E-state index is 12.6. The van der Waals surface area contributed by atoms with Crippen molar-refractivity contribution in [2.24, 2.45) is 0 Å². The summed E-state index contributed by atoms with van der Waals surface area (Å²) >= 11 is 0. The van der Waals surface area contributed by atoms with E-state index in [0.29, 0.717) is 31.5 Å². The highest BCUT2D eigenvalue weighted by atomic mass is 16.1. The Balaban J connectivity index is 1.53. The predicted octanol–water partition coefficient (Wildman–Crippen LogP) is 3.24. The van der Waals surface area contributed by atoms with Crippen molar-refractivity contribution in [2.45, 2.75) is 25.4 Å². The Morgan fingerprint density at radius 1 is 1.14 bits per heavy atom. The van der Waals surface area contributed by atoms with E-state index in [-0.39, 0.29) is 11.9 Å². The van der Waals surface area contributed by atoms with E-state index < -0.39 is 0 Å². The molecule has 1 N–H and O–H groups in total. The third kappa shape index (κ3) is 4.61. The number of carbonyl (C=O) groups is 1. The Bertz CT molecular complexity index is 1030. The van der Waals surface area contributed by atoms with Crippen LogP contribution in [0.5, 0.6) is 0 Å². The Morgan fingerprint density at radius 2 is 1.97 bits per heavy atom. The van der Waals surface area contributed by atoms with Crippen molar-refractivity contribution >= 4 is 11.6 Å². The van der Waals surface area contributed by atoms with Gasteiger partial charge in [-0.25, -0.2) is 0 Å². The fourth-order valence-electron chi connectivity index (χ4n) is 3.81. The maximum atomic E-state index is 12.6. The molecule has 2 heterocycles. The number of hydrogen-bond donors (Lipinski definition) is 1. The number of aromatic nitrogens is 1. The summed E-state index contributed by atoms with van der Waals surface area (Å²) in [6.07, 6.45) is 2.87. The van der Waals surface area contributed by atoms with E-state index in [1.54, 1.807) is 6.20 Å². The second-order valence-electron chi connectivity index (χ2n) is 7.29. The van der Waals surface area contributed by atoms with Crippen LogP contribution in [-0.4, -0.2) is 23.5 Å². The van der Waals surface area contributed by atoms with E-state index >= 15 is 0 Å². The molecule has 0 radical (unpaired) electrons. The quantitative estimate of drug-likeness (QED) is 0.736. The van der Waals surface area contributed by atoms with Crippen molar-refractivity contribution in [2.75, 3.05) is 11.4 Å². The zero-order valence-electron chi connectivity index (χ0n) is 16.1. The van der Waals surface area contributed by atoms with E-state index in [1.807, 2.05) is 66.7 Å². The van der Waals surface area contributed by atoms with Gasteiger partial charge in [-0.1, -0.05) is 36.4 Å². The van der Waals surface area contributed by atoms with Gasteiger partial charge in [0.05, 0.1) is 36.3 Å². The number of fused-ring (bicyclic) bond motifs is 1. The lowest BCUT2D eigenvalue weighted by Gasteiger charge is -2.36. The number of nitriles is 1. The molecule has 5 nitrogen and oxygen atoms in total. The van der Waals surface area contributed by atoms with Crippen LogP contribution < -0.4 is 10.2 Å². The molecular weight excluding hydrogens is 360 g/mol. The van der Waals surface area contributed by atoms with E-state index in [2.05, 4.69) is 21.3 Å². The van der Waals surface area contributed by atoms with E-state index in [1.165, 1.54) is 0 Å². The summed E-state index contributed by atoms with van der Waals surface area (Å²) in [5.41, 5.74) is 4.79. The van der Waals surface area contributed by atoms with Gasteiger partial charge < -0.3 is 10.2 Å². The zero-order valence-corrected chi connectivity index (χ0v) is 16.1. The van der Waals surface area contributed by atoms with Crippen molar-refractivity contribution in [3.63, 3.8) is 0 Å². The Morgan fingerprint density at radius 3 is 2.72 bits per heavy atom. The molecule has 1 aliphatic heterocycles. The minimum absolute atomic E-state index is 0.0128. The monoisotopic (exact) mass is 382 g/mol. The molecule has 3 aromatic rings. The average molecular weight is 382 g/mol. The lowest BCUT2D eigenvalue weighted by Crippen LogP contribution is -2.48. The number of benzene rings is 2. The van der Waals surface area contributed by atoms with E-state index in [4.69, 9.17) is 0 Å². The first-order chi connectivity index (χ1) is 14.2. The van der Waals surface area contributed by atoms with Gasteiger partial charge in [0, 0.05) is 18.4 Å². The van der Waals surface area contributed by atoms with Gasteiger partial charge in [-0.2, -0.15) is 5.26 Å². The fourth-order valence-corrected chi connectivity index (χ4v) is 3.81. The molecule has 0 saturated heterocycles. The number of hydrogen-bond acceptors (Lipinski definition) is 4. The van der Waals surface area contributed by atoms with Gasteiger partial charge in [0.15, 0.2) is 0 Å². The van der Waals surface area contributed by atoms with Crippen LogP contribution >= 0.6 is 0 Å². The summed E-state index contributed by atoms with van der Waals surface area (Å²) in [5, 5.41) is 12.4. The molecule has 4 rings (SSSR count). The van der Waals surface area contributed by atoms with Crippen molar-refractivity contribution in [1.29, 1.82) is 5.26 Å². The summed E-state index contributed by atoms with van der Waals surface area (Å²) in [6, 6.07) is 23.6. The summed E-state index contributed by atoms with van der Waals surface area (Å²) in [4.78, 5) is 19.3. The first kappa shape index (κ1) is 18.7. The average Bonchev–Trinajstić information content (AvgIpc) is 2.74. The molecule has 0 saturated carbocycles. The van der Waals surface area contributed by atoms with Crippen LogP contribution in [-0.2, 0) is 24.2 Å². The van der Waals surface area contributed by atoms with Crippen LogP contribution in [0.2, 0.25) is 0 Å². The number of nitrogens with zero attached hydrogens (tertiary/aromatic N) is 3. The summed E-state index contributed by atoms with van der Waals surface area (Å²) < 4.78 is 0. The maximum Gasteiger partial charge on any atom is 0.224 e. The molecule has 144 valence electrons. The molecule has 2 aromatic carbocycles. The smallest absolute Gasteiger partial charge is 0.224 e. The summed E-state index contributed by atoms with van der Waals surface area (Å²) in [5.74, 6) is 0.0128. The summed E-state index contributed by atoms with van der Waals surface area (Å²) in [6.45, 7) is 1.36. The van der Waals surface area contributed by atoms with Gasteiger partial charge in [0.25, 0.3) is 0 Å². The molecule has 0 bridgehead atoms.